The number of nitrogens with one attached hydrogen (secondary N) is 1. The average Bonchev–Trinajstić information content (AvgIpc) is 2.82. The zero-order valence-electron chi connectivity index (χ0n) is 12.2. The van der Waals surface area contributed by atoms with Gasteiger partial charge in [0.05, 0.1) is 10.3 Å². The highest BCUT2D eigenvalue weighted by Gasteiger charge is 2.42. The van der Waals surface area contributed by atoms with E-state index in [1.165, 1.54) is 4.90 Å². The van der Waals surface area contributed by atoms with Crippen LogP contribution in [0.5, 0.6) is 0 Å². The highest BCUT2D eigenvalue weighted by atomic mass is 32.2. The summed E-state index contributed by atoms with van der Waals surface area (Å²) in [5.74, 6) is -2.47. The Kier molecular flexibility index (Phi) is 4.60. The third-order valence-corrected chi connectivity index (χ3v) is 4.53. The molecule has 1 fully saturated rings. The number of hydrogen-bond donors (Lipinski definition) is 2. The van der Waals surface area contributed by atoms with E-state index >= 15 is 0 Å². The molecule has 0 aliphatic carbocycles. The van der Waals surface area contributed by atoms with Crippen LogP contribution < -0.4 is 5.32 Å². The Labute approximate surface area is 130 Å². The number of hydrogen-bond acceptors (Lipinski definition) is 3. The van der Waals surface area contributed by atoms with Crippen LogP contribution in [0.1, 0.15) is 13.3 Å². The molecule has 1 atom stereocenters. The Bertz CT molecular complexity index is 603. The molecule has 0 radical (unpaired) electrons. The van der Waals surface area contributed by atoms with Gasteiger partial charge < -0.3 is 15.3 Å². The maximum atomic E-state index is 13.7. The largest absolute Gasteiger partial charge is 0.481 e. The lowest BCUT2D eigenvalue weighted by Gasteiger charge is -2.20. The molecule has 1 aliphatic rings. The minimum atomic E-state index is -0.990. The second kappa shape index (κ2) is 6.12. The van der Waals surface area contributed by atoms with Gasteiger partial charge >= 0.3 is 12.0 Å². The average molecular weight is 330 g/mol. The molecule has 0 aromatic heterocycles. The van der Waals surface area contributed by atoms with Crippen LogP contribution in [0.25, 0.3) is 0 Å². The van der Waals surface area contributed by atoms with Crippen molar-refractivity contribution in [1.82, 2.24) is 4.90 Å². The van der Waals surface area contributed by atoms with Crippen molar-refractivity contribution in [2.45, 2.75) is 18.2 Å². The van der Waals surface area contributed by atoms with Crippen molar-refractivity contribution < 1.29 is 23.5 Å². The van der Waals surface area contributed by atoms with Gasteiger partial charge in [0.25, 0.3) is 0 Å². The Balaban J connectivity index is 2.09. The van der Waals surface area contributed by atoms with E-state index in [1.54, 1.807) is 13.2 Å². The number of thioether (sulfide) groups is 1. The smallest absolute Gasteiger partial charge is 0.321 e. The number of amides is 2. The van der Waals surface area contributed by atoms with E-state index in [0.29, 0.717) is 6.42 Å². The Morgan fingerprint density at radius 3 is 2.41 bits per heavy atom. The highest BCUT2D eigenvalue weighted by molar-refractivity contribution is 7.98. The molecule has 5 nitrogen and oxygen atoms in total. The molecule has 120 valence electrons. The molecule has 0 spiro atoms. The number of anilines is 1. The molecule has 2 rings (SSSR count). The summed E-state index contributed by atoms with van der Waals surface area (Å²) in [6.45, 7) is 1.90. The lowest BCUT2D eigenvalue weighted by molar-refractivity contribution is -0.146. The van der Waals surface area contributed by atoms with Gasteiger partial charge in [-0.25, -0.2) is 13.6 Å². The van der Waals surface area contributed by atoms with Crippen LogP contribution in [-0.4, -0.2) is 41.4 Å². The molecule has 2 N–H and O–H groups in total. The predicted octanol–water partition coefficient (Wildman–Crippen LogP) is 3.02. The number of carboxylic acids is 1. The lowest BCUT2D eigenvalue weighted by atomic mass is 9.90. The Hall–Kier alpha value is -1.83. The lowest BCUT2D eigenvalue weighted by Crippen LogP contribution is -2.37. The number of carbonyl (C=O) groups is 2. The summed E-state index contributed by atoms with van der Waals surface area (Å²) < 4.78 is 27.3. The molecule has 1 saturated heterocycles. The van der Waals surface area contributed by atoms with Crippen LogP contribution in [0.4, 0.5) is 19.3 Å². The van der Waals surface area contributed by atoms with Gasteiger partial charge in [0.15, 0.2) is 0 Å². The van der Waals surface area contributed by atoms with Crippen molar-refractivity contribution in [1.29, 1.82) is 0 Å². The van der Waals surface area contributed by atoms with Gasteiger partial charge in [-0.3, -0.25) is 4.79 Å². The summed E-state index contributed by atoms with van der Waals surface area (Å²) in [6, 6.07) is 1.51. The van der Waals surface area contributed by atoms with E-state index in [-0.39, 0.29) is 23.7 Å². The summed E-state index contributed by atoms with van der Waals surface area (Å²) in [7, 11) is 0. The van der Waals surface area contributed by atoms with E-state index in [2.05, 4.69) is 5.32 Å². The van der Waals surface area contributed by atoms with Gasteiger partial charge in [0.2, 0.25) is 0 Å². The third-order valence-electron chi connectivity index (χ3n) is 3.73. The number of aliphatic carboxylic acids is 1. The minimum absolute atomic E-state index is 0.00160. The molecular weight excluding hydrogens is 314 g/mol. The van der Waals surface area contributed by atoms with E-state index in [0.717, 1.165) is 23.9 Å². The quantitative estimate of drug-likeness (QED) is 0.836. The summed E-state index contributed by atoms with van der Waals surface area (Å²) in [5.41, 5.74) is -0.988. The molecule has 0 bridgehead atoms. The second-order valence-corrected chi connectivity index (χ2v) is 6.26. The van der Waals surface area contributed by atoms with Crippen LogP contribution in [0.2, 0.25) is 0 Å². The summed E-state index contributed by atoms with van der Waals surface area (Å²) in [4.78, 5) is 24.4. The van der Waals surface area contributed by atoms with Crippen LogP contribution in [-0.2, 0) is 4.79 Å². The molecular formula is C14H16F2N2O3S. The van der Waals surface area contributed by atoms with E-state index in [1.807, 2.05) is 0 Å². The van der Waals surface area contributed by atoms with Gasteiger partial charge in [0.1, 0.15) is 11.6 Å². The van der Waals surface area contributed by atoms with Crippen molar-refractivity contribution >= 4 is 29.4 Å². The maximum Gasteiger partial charge on any atom is 0.321 e. The number of likely N-dealkylation sites (tertiary alicyclic amines) is 1. The first-order valence-corrected chi connectivity index (χ1v) is 7.81. The van der Waals surface area contributed by atoms with Gasteiger partial charge in [0, 0.05) is 18.8 Å². The number of urea groups is 1. The summed E-state index contributed by atoms with van der Waals surface area (Å²) in [6.07, 6.45) is 1.89. The summed E-state index contributed by atoms with van der Waals surface area (Å²) >= 11 is 0.940. The predicted molar refractivity (Wildman–Crippen MR) is 79.1 cm³/mol. The minimum Gasteiger partial charge on any atom is -0.481 e. The molecule has 1 aromatic carbocycles. The Morgan fingerprint density at radius 2 is 1.95 bits per heavy atom. The fourth-order valence-corrected chi connectivity index (χ4v) is 2.85. The number of nitrogens with zero attached hydrogens (tertiary/aromatic N) is 1. The maximum absolute atomic E-state index is 13.7. The number of benzene rings is 1. The first-order valence-electron chi connectivity index (χ1n) is 6.59. The van der Waals surface area contributed by atoms with Crippen molar-refractivity contribution in [2.75, 3.05) is 24.7 Å². The Morgan fingerprint density at radius 1 is 1.36 bits per heavy atom. The number of carbonyl (C=O) groups excluding carboxylic acids is 1. The van der Waals surface area contributed by atoms with Gasteiger partial charge in [-0.1, -0.05) is 0 Å². The van der Waals surface area contributed by atoms with Gasteiger partial charge in [-0.05, 0) is 31.7 Å². The number of carboxylic acid groups (broad SMARTS) is 1. The van der Waals surface area contributed by atoms with Crippen molar-refractivity contribution in [2.24, 2.45) is 5.41 Å². The summed E-state index contributed by atoms with van der Waals surface area (Å²) in [5, 5.41) is 11.5. The first kappa shape index (κ1) is 16.5. The van der Waals surface area contributed by atoms with Crippen molar-refractivity contribution in [3.8, 4) is 0 Å². The molecule has 1 aliphatic heterocycles. The first-order chi connectivity index (χ1) is 10.3. The number of halogens is 2. The van der Waals surface area contributed by atoms with Crippen molar-refractivity contribution in [3.05, 3.63) is 23.8 Å². The van der Waals surface area contributed by atoms with Gasteiger partial charge in [-0.15, -0.1) is 11.8 Å². The van der Waals surface area contributed by atoms with Gasteiger partial charge in [-0.2, -0.15) is 0 Å². The normalized spacial score (nSPS) is 21.0. The van der Waals surface area contributed by atoms with E-state index in [4.69, 9.17) is 5.11 Å². The standard InChI is InChI=1S/C14H16F2N2O3S/c1-14(12(19)20)3-4-18(7-14)13(21)17-8-5-9(15)11(22-2)10(16)6-8/h5-6H,3-4,7H2,1-2H3,(H,17,21)(H,19,20). The van der Waals surface area contributed by atoms with Crippen LogP contribution >= 0.6 is 11.8 Å². The molecule has 8 heteroatoms. The van der Waals surface area contributed by atoms with Crippen LogP contribution in [0.3, 0.4) is 0 Å². The van der Waals surface area contributed by atoms with E-state index < -0.39 is 29.0 Å². The zero-order valence-corrected chi connectivity index (χ0v) is 13.0. The van der Waals surface area contributed by atoms with Crippen LogP contribution in [0, 0.1) is 17.0 Å². The molecule has 1 unspecified atom stereocenters. The molecule has 1 heterocycles. The van der Waals surface area contributed by atoms with Crippen molar-refractivity contribution in [3.63, 3.8) is 0 Å². The zero-order chi connectivity index (χ0) is 16.5. The fourth-order valence-electron chi connectivity index (χ4n) is 2.34. The number of rotatable bonds is 3. The fraction of sp³-hybridized carbons (Fsp3) is 0.429. The van der Waals surface area contributed by atoms with E-state index in [9.17, 15) is 18.4 Å². The molecule has 1 aromatic rings. The SMILES string of the molecule is CSc1c(F)cc(NC(=O)N2CCC(C)(C(=O)O)C2)cc1F. The molecule has 0 saturated carbocycles. The molecule has 2 amide bonds. The highest BCUT2D eigenvalue weighted by Crippen LogP contribution is 2.31. The second-order valence-electron chi connectivity index (χ2n) is 5.44. The van der Waals surface area contributed by atoms with Crippen LogP contribution in [0.15, 0.2) is 17.0 Å². The molecule has 22 heavy (non-hydrogen) atoms. The topological polar surface area (TPSA) is 69.6 Å². The monoisotopic (exact) mass is 330 g/mol. The third kappa shape index (κ3) is 3.16.